The summed E-state index contributed by atoms with van der Waals surface area (Å²) in [7, 11) is 3.44. The normalized spacial score (nSPS) is 13.2. The van der Waals surface area contributed by atoms with Gasteiger partial charge in [-0.1, -0.05) is 12.1 Å². The van der Waals surface area contributed by atoms with Crippen LogP contribution < -0.4 is 10.2 Å². The van der Waals surface area contributed by atoms with Gasteiger partial charge in [-0.05, 0) is 55.3 Å². The lowest BCUT2D eigenvalue weighted by Gasteiger charge is -2.23. The second-order valence-electron chi connectivity index (χ2n) is 7.60. The zero-order chi connectivity index (χ0) is 21.8. The lowest BCUT2D eigenvalue weighted by atomic mass is 10.1. The van der Waals surface area contributed by atoms with Crippen LogP contribution in [0.4, 0.5) is 10.5 Å². The lowest BCUT2D eigenvalue weighted by molar-refractivity contribution is 0.0751. The van der Waals surface area contributed by atoms with Crippen LogP contribution in [0.1, 0.15) is 38.8 Å². The molecule has 1 saturated heterocycles. The van der Waals surface area contributed by atoms with Gasteiger partial charge in [-0.25, -0.2) is 4.79 Å². The molecule has 2 aromatic carbocycles. The minimum absolute atomic E-state index is 0.0489. The Kier molecular flexibility index (Phi) is 6.40. The van der Waals surface area contributed by atoms with E-state index in [1.807, 2.05) is 38.1 Å². The largest absolute Gasteiger partial charge is 0.345 e. The number of rotatable bonds is 6. The van der Waals surface area contributed by atoms with Crippen molar-refractivity contribution in [1.82, 2.24) is 15.1 Å². The van der Waals surface area contributed by atoms with Crippen molar-refractivity contribution in [1.29, 1.82) is 0 Å². The number of carbonyl (C=O) groups excluding carboxylic acids is 3. The Balaban J connectivity index is 1.73. The van der Waals surface area contributed by atoms with Crippen LogP contribution in [-0.2, 0) is 6.54 Å². The molecule has 2 aromatic rings. The maximum absolute atomic E-state index is 13.1. The highest BCUT2D eigenvalue weighted by Gasteiger charge is 2.23. The van der Waals surface area contributed by atoms with E-state index in [4.69, 9.17) is 0 Å². The van der Waals surface area contributed by atoms with E-state index in [0.29, 0.717) is 37.3 Å². The number of nitrogens with one attached hydrogen (secondary N) is 1. The van der Waals surface area contributed by atoms with Gasteiger partial charge in [0.15, 0.2) is 0 Å². The fourth-order valence-electron chi connectivity index (χ4n) is 3.53. The van der Waals surface area contributed by atoms with Crippen molar-refractivity contribution in [3.63, 3.8) is 0 Å². The minimum atomic E-state index is -0.108. The van der Waals surface area contributed by atoms with E-state index in [-0.39, 0.29) is 17.8 Å². The Morgan fingerprint density at radius 2 is 1.70 bits per heavy atom. The molecule has 0 unspecified atom stereocenters. The summed E-state index contributed by atoms with van der Waals surface area (Å²) in [5, 5.41) is 2.79. The van der Waals surface area contributed by atoms with Crippen LogP contribution in [0.5, 0.6) is 0 Å². The number of benzene rings is 2. The second-order valence-corrected chi connectivity index (χ2v) is 7.60. The van der Waals surface area contributed by atoms with Crippen LogP contribution in [0, 0.1) is 6.92 Å². The maximum atomic E-state index is 13.1. The Hall–Kier alpha value is -3.35. The van der Waals surface area contributed by atoms with E-state index in [9.17, 15) is 14.4 Å². The molecule has 1 aliphatic heterocycles. The highest BCUT2D eigenvalue weighted by molar-refractivity contribution is 5.98. The van der Waals surface area contributed by atoms with E-state index in [1.54, 1.807) is 42.1 Å². The molecule has 30 heavy (non-hydrogen) atoms. The molecule has 0 bridgehead atoms. The summed E-state index contributed by atoms with van der Waals surface area (Å²) < 4.78 is 0. The SMILES string of the molecule is CCN(Cc1ccc(C(=O)N(C)C)cc1)C(=O)c1ccc(N2CCNC2=O)c(C)c1. The first-order chi connectivity index (χ1) is 14.3. The molecule has 0 spiro atoms. The Morgan fingerprint density at radius 1 is 1.03 bits per heavy atom. The smallest absolute Gasteiger partial charge is 0.322 e. The maximum Gasteiger partial charge on any atom is 0.322 e. The van der Waals surface area contributed by atoms with Gasteiger partial charge >= 0.3 is 6.03 Å². The topological polar surface area (TPSA) is 73.0 Å². The van der Waals surface area contributed by atoms with Crippen molar-refractivity contribution in [3.05, 3.63) is 64.7 Å². The number of amides is 4. The van der Waals surface area contributed by atoms with Gasteiger partial charge < -0.3 is 15.1 Å². The monoisotopic (exact) mass is 408 g/mol. The molecule has 1 heterocycles. The van der Waals surface area contributed by atoms with E-state index in [2.05, 4.69) is 5.32 Å². The first kappa shape index (κ1) is 21.4. The summed E-state index contributed by atoms with van der Waals surface area (Å²) in [5.41, 5.74) is 3.89. The third-order valence-corrected chi connectivity index (χ3v) is 5.24. The number of hydrogen-bond donors (Lipinski definition) is 1. The van der Waals surface area contributed by atoms with Crippen molar-refractivity contribution in [2.75, 3.05) is 38.6 Å². The molecular weight excluding hydrogens is 380 g/mol. The summed E-state index contributed by atoms with van der Waals surface area (Å²) in [6.45, 7) is 6.13. The molecule has 7 heteroatoms. The molecular formula is C23H28N4O3. The van der Waals surface area contributed by atoms with Gasteiger partial charge in [-0.3, -0.25) is 14.5 Å². The van der Waals surface area contributed by atoms with Gasteiger partial charge in [0.25, 0.3) is 11.8 Å². The Bertz CT molecular complexity index is 953. The van der Waals surface area contributed by atoms with Gasteiger partial charge in [0.05, 0.1) is 0 Å². The van der Waals surface area contributed by atoms with E-state index in [1.165, 1.54) is 4.90 Å². The molecule has 158 valence electrons. The van der Waals surface area contributed by atoms with Gasteiger partial charge in [0, 0.05) is 57.1 Å². The molecule has 0 aliphatic carbocycles. The van der Waals surface area contributed by atoms with Crippen LogP contribution in [0.3, 0.4) is 0 Å². The summed E-state index contributed by atoms with van der Waals surface area (Å²) in [5.74, 6) is -0.112. The average Bonchev–Trinajstić information content (AvgIpc) is 3.16. The average molecular weight is 409 g/mol. The molecule has 4 amide bonds. The van der Waals surface area contributed by atoms with Gasteiger partial charge in [0.1, 0.15) is 0 Å². The molecule has 0 atom stereocenters. The van der Waals surface area contributed by atoms with Crippen LogP contribution in [0.25, 0.3) is 0 Å². The zero-order valence-electron chi connectivity index (χ0n) is 17.9. The third kappa shape index (κ3) is 4.45. The molecule has 1 fully saturated rings. The number of carbonyl (C=O) groups is 3. The van der Waals surface area contributed by atoms with Crippen LogP contribution in [0.2, 0.25) is 0 Å². The fourth-order valence-corrected chi connectivity index (χ4v) is 3.53. The quantitative estimate of drug-likeness (QED) is 0.799. The summed E-state index contributed by atoms with van der Waals surface area (Å²) >= 11 is 0. The number of hydrogen-bond acceptors (Lipinski definition) is 3. The van der Waals surface area contributed by atoms with Crippen LogP contribution in [0.15, 0.2) is 42.5 Å². The van der Waals surface area contributed by atoms with Crippen molar-refractivity contribution in [2.45, 2.75) is 20.4 Å². The van der Waals surface area contributed by atoms with Gasteiger partial charge in [-0.15, -0.1) is 0 Å². The van der Waals surface area contributed by atoms with Crippen molar-refractivity contribution < 1.29 is 14.4 Å². The molecule has 0 saturated carbocycles. The number of aryl methyl sites for hydroxylation is 1. The predicted molar refractivity (Wildman–Crippen MR) is 117 cm³/mol. The molecule has 1 aliphatic rings. The fraction of sp³-hybridized carbons (Fsp3) is 0.348. The first-order valence-corrected chi connectivity index (χ1v) is 10.1. The number of urea groups is 1. The van der Waals surface area contributed by atoms with Crippen molar-refractivity contribution in [3.8, 4) is 0 Å². The number of nitrogens with zero attached hydrogens (tertiary/aromatic N) is 3. The van der Waals surface area contributed by atoms with Crippen molar-refractivity contribution >= 4 is 23.5 Å². The molecule has 1 N–H and O–H groups in total. The Labute approximate surface area is 177 Å². The van der Waals surface area contributed by atoms with Gasteiger partial charge in [-0.2, -0.15) is 0 Å². The summed E-state index contributed by atoms with van der Waals surface area (Å²) in [6, 6.07) is 12.7. The van der Waals surface area contributed by atoms with Gasteiger partial charge in [0.2, 0.25) is 0 Å². The van der Waals surface area contributed by atoms with E-state index in [0.717, 1.165) is 16.8 Å². The molecule has 0 radical (unpaired) electrons. The zero-order valence-corrected chi connectivity index (χ0v) is 17.9. The predicted octanol–water partition coefficient (Wildman–Crippen LogP) is 2.89. The standard InChI is InChI=1S/C23H28N4O3/c1-5-26(15-17-6-8-18(9-7-17)21(28)25(3)4)22(29)19-10-11-20(16(2)14-19)27-13-12-24-23(27)30/h6-11,14H,5,12-13,15H2,1-4H3,(H,24,30). The summed E-state index contributed by atoms with van der Waals surface area (Å²) in [4.78, 5) is 42.0. The Morgan fingerprint density at radius 3 is 2.23 bits per heavy atom. The first-order valence-electron chi connectivity index (χ1n) is 10.1. The van der Waals surface area contributed by atoms with E-state index >= 15 is 0 Å². The number of anilines is 1. The lowest BCUT2D eigenvalue weighted by Crippen LogP contribution is -2.31. The second kappa shape index (κ2) is 8.98. The van der Waals surface area contributed by atoms with E-state index < -0.39 is 0 Å². The third-order valence-electron chi connectivity index (χ3n) is 5.24. The van der Waals surface area contributed by atoms with Crippen LogP contribution in [-0.4, -0.2) is 61.4 Å². The molecule has 0 aromatic heterocycles. The van der Waals surface area contributed by atoms with Crippen molar-refractivity contribution in [2.24, 2.45) is 0 Å². The summed E-state index contributed by atoms with van der Waals surface area (Å²) in [6.07, 6.45) is 0. The highest BCUT2D eigenvalue weighted by atomic mass is 16.2. The minimum Gasteiger partial charge on any atom is -0.345 e. The molecule has 3 rings (SSSR count). The molecule has 7 nitrogen and oxygen atoms in total. The highest BCUT2D eigenvalue weighted by Crippen LogP contribution is 2.24. The van der Waals surface area contributed by atoms with Crippen LogP contribution >= 0.6 is 0 Å².